The van der Waals surface area contributed by atoms with Gasteiger partial charge in [-0.1, -0.05) is 6.07 Å². The fourth-order valence-electron chi connectivity index (χ4n) is 2.27. The van der Waals surface area contributed by atoms with Gasteiger partial charge in [-0.15, -0.1) is 0 Å². The molecule has 16 heavy (non-hydrogen) atoms. The Balaban J connectivity index is 2.23. The van der Waals surface area contributed by atoms with Gasteiger partial charge in [0.15, 0.2) is 0 Å². The van der Waals surface area contributed by atoms with Gasteiger partial charge in [0.2, 0.25) is 0 Å². The minimum absolute atomic E-state index is 0.0139. The van der Waals surface area contributed by atoms with Crippen molar-refractivity contribution in [3.63, 3.8) is 0 Å². The Morgan fingerprint density at radius 3 is 2.88 bits per heavy atom. The highest BCUT2D eigenvalue weighted by molar-refractivity contribution is 5.76. The van der Waals surface area contributed by atoms with Crippen LogP contribution in [0.1, 0.15) is 30.9 Å². The van der Waals surface area contributed by atoms with Gasteiger partial charge >= 0.3 is 5.69 Å². The van der Waals surface area contributed by atoms with Crippen LogP contribution in [0.5, 0.6) is 0 Å². The molecule has 84 valence electrons. The lowest BCUT2D eigenvalue weighted by Gasteiger charge is -2.26. The van der Waals surface area contributed by atoms with E-state index in [-0.39, 0.29) is 12.3 Å². The van der Waals surface area contributed by atoms with Gasteiger partial charge in [0.25, 0.3) is 0 Å². The maximum atomic E-state index is 11.8. The molecule has 0 saturated heterocycles. The molecule has 0 spiro atoms. The van der Waals surface area contributed by atoms with Crippen molar-refractivity contribution in [3.8, 4) is 0 Å². The molecule has 1 heterocycles. The summed E-state index contributed by atoms with van der Waals surface area (Å²) in [4.78, 5) is 14.7. The average molecular weight is 218 g/mol. The van der Waals surface area contributed by atoms with E-state index >= 15 is 0 Å². The molecule has 0 amide bonds. The van der Waals surface area contributed by atoms with Gasteiger partial charge < -0.3 is 10.1 Å². The van der Waals surface area contributed by atoms with Crippen molar-refractivity contribution in [3.05, 3.63) is 34.2 Å². The first-order valence-electron chi connectivity index (χ1n) is 5.63. The summed E-state index contributed by atoms with van der Waals surface area (Å²) in [5.41, 5.74) is 2.59. The molecule has 4 heteroatoms. The van der Waals surface area contributed by atoms with Crippen molar-refractivity contribution in [2.45, 2.75) is 31.9 Å². The lowest BCUT2D eigenvalue weighted by molar-refractivity contribution is 0.281. The summed E-state index contributed by atoms with van der Waals surface area (Å²) in [6.45, 7) is 0.0139. The van der Waals surface area contributed by atoms with E-state index in [0.717, 1.165) is 29.4 Å². The van der Waals surface area contributed by atoms with Crippen LogP contribution < -0.4 is 5.69 Å². The SMILES string of the molecule is O=c1[nH]c2ccc(CO)cc2n1C1CCC1. The molecule has 1 aliphatic carbocycles. The largest absolute Gasteiger partial charge is 0.392 e. The van der Waals surface area contributed by atoms with E-state index in [1.54, 1.807) is 0 Å². The molecule has 0 aliphatic heterocycles. The lowest BCUT2D eigenvalue weighted by atomic mass is 9.93. The number of aliphatic hydroxyl groups is 1. The van der Waals surface area contributed by atoms with Crippen LogP contribution in [0.4, 0.5) is 0 Å². The zero-order chi connectivity index (χ0) is 11.1. The molecule has 1 fully saturated rings. The highest BCUT2D eigenvalue weighted by Crippen LogP contribution is 2.32. The number of nitrogens with one attached hydrogen (secondary N) is 1. The van der Waals surface area contributed by atoms with E-state index in [1.165, 1.54) is 6.42 Å². The topological polar surface area (TPSA) is 58.0 Å². The van der Waals surface area contributed by atoms with Crippen molar-refractivity contribution < 1.29 is 5.11 Å². The van der Waals surface area contributed by atoms with E-state index < -0.39 is 0 Å². The van der Waals surface area contributed by atoms with Crippen molar-refractivity contribution in [2.75, 3.05) is 0 Å². The Morgan fingerprint density at radius 1 is 1.44 bits per heavy atom. The molecule has 1 saturated carbocycles. The van der Waals surface area contributed by atoms with Crippen LogP contribution in [0.25, 0.3) is 11.0 Å². The number of aromatic nitrogens is 2. The monoisotopic (exact) mass is 218 g/mol. The second-order valence-electron chi connectivity index (χ2n) is 4.39. The van der Waals surface area contributed by atoms with Crippen LogP contribution in [0.2, 0.25) is 0 Å². The number of hydrogen-bond acceptors (Lipinski definition) is 2. The lowest BCUT2D eigenvalue weighted by Crippen LogP contribution is -2.26. The van der Waals surface area contributed by atoms with Crippen molar-refractivity contribution >= 4 is 11.0 Å². The summed E-state index contributed by atoms with van der Waals surface area (Å²) in [7, 11) is 0. The maximum Gasteiger partial charge on any atom is 0.326 e. The van der Waals surface area contributed by atoms with Crippen molar-refractivity contribution in [1.82, 2.24) is 9.55 Å². The van der Waals surface area contributed by atoms with Gasteiger partial charge in [-0.25, -0.2) is 4.79 Å². The molecule has 3 rings (SSSR count). The number of aliphatic hydroxyl groups excluding tert-OH is 1. The maximum absolute atomic E-state index is 11.8. The standard InChI is InChI=1S/C12H14N2O2/c15-7-8-4-5-10-11(6-8)14(12(16)13-10)9-2-1-3-9/h4-6,9,15H,1-3,7H2,(H,13,16). The second-order valence-corrected chi connectivity index (χ2v) is 4.39. The average Bonchev–Trinajstić information content (AvgIpc) is 2.53. The summed E-state index contributed by atoms with van der Waals surface area (Å²) in [6.07, 6.45) is 3.36. The van der Waals surface area contributed by atoms with E-state index in [4.69, 9.17) is 5.11 Å². The Morgan fingerprint density at radius 2 is 2.25 bits per heavy atom. The number of imidazole rings is 1. The molecule has 1 aromatic carbocycles. The van der Waals surface area contributed by atoms with Crippen LogP contribution in [0.3, 0.4) is 0 Å². The molecule has 2 N–H and O–H groups in total. The van der Waals surface area contributed by atoms with Gasteiger partial charge in [0, 0.05) is 6.04 Å². The summed E-state index contributed by atoms with van der Waals surface area (Å²) < 4.78 is 1.83. The first-order chi connectivity index (χ1) is 7.79. The number of hydrogen-bond donors (Lipinski definition) is 2. The quantitative estimate of drug-likeness (QED) is 0.803. The molecular weight excluding hydrogens is 204 g/mol. The predicted octanol–water partition coefficient (Wildman–Crippen LogP) is 1.55. The third kappa shape index (κ3) is 1.30. The summed E-state index contributed by atoms with van der Waals surface area (Å²) in [5, 5.41) is 9.11. The Labute approximate surface area is 92.5 Å². The normalized spacial score (nSPS) is 16.6. The summed E-state index contributed by atoms with van der Waals surface area (Å²) in [5.74, 6) is 0. The second kappa shape index (κ2) is 3.49. The molecule has 1 aromatic heterocycles. The minimum Gasteiger partial charge on any atom is -0.392 e. The molecule has 0 unspecified atom stereocenters. The number of rotatable bonds is 2. The van der Waals surface area contributed by atoms with Gasteiger partial charge in [0.05, 0.1) is 17.6 Å². The number of fused-ring (bicyclic) bond motifs is 1. The first-order valence-corrected chi connectivity index (χ1v) is 5.63. The van der Waals surface area contributed by atoms with Gasteiger partial charge in [0.1, 0.15) is 0 Å². The third-order valence-corrected chi connectivity index (χ3v) is 3.40. The molecule has 0 radical (unpaired) electrons. The van der Waals surface area contributed by atoms with Gasteiger partial charge in [-0.2, -0.15) is 0 Å². The predicted molar refractivity (Wildman–Crippen MR) is 61.4 cm³/mol. The Bertz CT molecular complexity index is 578. The molecule has 2 aromatic rings. The molecule has 0 bridgehead atoms. The fraction of sp³-hybridized carbons (Fsp3) is 0.417. The van der Waals surface area contributed by atoms with E-state index in [9.17, 15) is 4.79 Å². The Kier molecular flexibility index (Phi) is 2.11. The number of benzene rings is 1. The molecular formula is C12H14N2O2. The van der Waals surface area contributed by atoms with Crippen LogP contribution in [0.15, 0.2) is 23.0 Å². The van der Waals surface area contributed by atoms with E-state index in [0.29, 0.717) is 6.04 Å². The van der Waals surface area contributed by atoms with E-state index in [2.05, 4.69) is 4.98 Å². The zero-order valence-electron chi connectivity index (χ0n) is 8.94. The van der Waals surface area contributed by atoms with Crippen LogP contribution >= 0.6 is 0 Å². The van der Waals surface area contributed by atoms with Gasteiger partial charge in [-0.3, -0.25) is 4.57 Å². The van der Waals surface area contributed by atoms with Crippen molar-refractivity contribution in [2.24, 2.45) is 0 Å². The van der Waals surface area contributed by atoms with Crippen LogP contribution in [-0.4, -0.2) is 14.7 Å². The molecule has 4 nitrogen and oxygen atoms in total. The van der Waals surface area contributed by atoms with Crippen molar-refractivity contribution in [1.29, 1.82) is 0 Å². The number of H-pyrrole nitrogens is 1. The highest BCUT2D eigenvalue weighted by atomic mass is 16.3. The number of nitrogens with zero attached hydrogens (tertiary/aromatic N) is 1. The fourth-order valence-corrected chi connectivity index (χ4v) is 2.27. The third-order valence-electron chi connectivity index (χ3n) is 3.40. The first kappa shape index (κ1) is 9.66. The molecule has 0 atom stereocenters. The summed E-state index contributed by atoms with van der Waals surface area (Å²) in [6, 6.07) is 5.93. The molecule has 1 aliphatic rings. The minimum atomic E-state index is -0.0326. The van der Waals surface area contributed by atoms with Crippen LogP contribution in [0, 0.1) is 0 Å². The van der Waals surface area contributed by atoms with Gasteiger partial charge in [-0.05, 0) is 37.0 Å². The van der Waals surface area contributed by atoms with Crippen LogP contribution in [-0.2, 0) is 6.61 Å². The highest BCUT2D eigenvalue weighted by Gasteiger charge is 2.23. The zero-order valence-corrected chi connectivity index (χ0v) is 8.94. The summed E-state index contributed by atoms with van der Waals surface area (Å²) >= 11 is 0. The Hall–Kier alpha value is -1.55. The number of aromatic amines is 1. The smallest absolute Gasteiger partial charge is 0.326 e. The van der Waals surface area contributed by atoms with E-state index in [1.807, 2.05) is 22.8 Å².